The minimum Gasteiger partial charge on any atom is -0.465 e. The largest absolute Gasteiger partial charge is 0.465 e. The maximum Gasteiger partial charge on any atom is 0.340 e. The van der Waals surface area contributed by atoms with Gasteiger partial charge in [0.05, 0.1) is 12.7 Å². The molecule has 1 aromatic carbocycles. The van der Waals surface area contributed by atoms with Crippen LogP contribution in [0.5, 0.6) is 0 Å². The van der Waals surface area contributed by atoms with Crippen molar-refractivity contribution in [2.45, 2.75) is 12.8 Å². The first-order valence-electron chi connectivity index (χ1n) is 7.51. The Bertz CT molecular complexity index is 593. The van der Waals surface area contributed by atoms with Gasteiger partial charge in [-0.25, -0.2) is 9.18 Å². The number of anilines is 1. The van der Waals surface area contributed by atoms with Crippen LogP contribution in [0.25, 0.3) is 0 Å². The molecule has 0 N–H and O–H groups in total. The smallest absolute Gasteiger partial charge is 0.340 e. The van der Waals surface area contributed by atoms with Gasteiger partial charge in [0, 0.05) is 37.8 Å². The number of esters is 1. The molecule has 2 aliphatic rings. The number of carbonyl (C=O) groups excluding carboxylic acids is 2. The lowest BCUT2D eigenvalue weighted by atomic mass is 10.1. The Morgan fingerprint density at radius 1 is 1.18 bits per heavy atom. The molecule has 0 bridgehead atoms. The molecule has 5 nitrogen and oxygen atoms in total. The van der Waals surface area contributed by atoms with Crippen molar-refractivity contribution in [3.05, 3.63) is 29.6 Å². The number of rotatable bonds is 3. The molecule has 1 aromatic rings. The van der Waals surface area contributed by atoms with E-state index in [9.17, 15) is 14.0 Å². The van der Waals surface area contributed by atoms with Gasteiger partial charge in [-0.3, -0.25) is 4.79 Å². The van der Waals surface area contributed by atoms with Gasteiger partial charge in [0.15, 0.2) is 0 Å². The molecule has 0 spiro atoms. The highest BCUT2D eigenvalue weighted by Gasteiger charge is 2.34. The molecule has 0 unspecified atom stereocenters. The molecule has 1 amide bonds. The zero-order valence-corrected chi connectivity index (χ0v) is 12.5. The summed E-state index contributed by atoms with van der Waals surface area (Å²) in [6.45, 7) is 2.68. The molecule has 6 heteroatoms. The lowest BCUT2D eigenvalue weighted by molar-refractivity contribution is -0.132. The van der Waals surface area contributed by atoms with E-state index >= 15 is 0 Å². The lowest BCUT2D eigenvalue weighted by Gasteiger charge is -2.36. The van der Waals surface area contributed by atoms with Gasteiger partial charge in [-0.1, -0.05) is 0 Å². The normalized spacial score (nSPS) is 18.3. The zero-order chi connectivity index (χ0) is 15.7. The van der Waals surface area contributed by atoms with E-state index in [1.807, 2.05) is 9.80 Å². The molecule has 1 aliphatic carbocycles. The van der Waals surface area contributed by atoms with Crippen LogP contribution in [0.2, 0.25) is 0 Å². The molecule has 1 heterocycles. The average Bonchev–Trinajstić information content (AvgIpc) is 3.38. The van der Waals surface area contributed by atoms with Gasteiger partial charge in [0.1, 0.15) is 5.82 Å². The van der Waals surface area contributed by atoms with Crippen molar-refractivity contribution in [2.75, 3.05) is 38.2 Å². The van der Waals surface area contributed by atoms with Crippen molar-refractivity contribution in [2.24, 2.45) is 5.92 Å². The van der Waals surface area contributed by atoms with Crippen molar-refractivity contribution in [3.8, 4) is 0 Å². The molecule has 0 aromatic heterocycles. The third-order valence-corrected chi connectivity index (χ3v) is 4.24. The lowest BCUT2D eigenvalue weighted by Crippen LogP contribution is -2.49. The highest BCUT2D eigenvalue weighted by Crippen LogP contribution is 2.31. The van der Waals surface area contributed by atoms with E-state index in [0.717, 1.165) is 18.5 Å². The number of nitrogens with zero attached hydrogens (tertiary/aromatic N) is 2. The summed E-state index contributed by atoms with van der Waals surface area (Å²) in [7, 11) is 1.23. The van der Waals surface area contributed by atoms with Crippen LogP contribution in [-0.4, -0.2) is 50.1 Å². The number of hydrogen-bond donors (Lipinski definition) is 0. The summed E-state index contributed by atoms with van der Waals surface area (Å²) in [6, 6.07) is 4.51. The summed E-state index contributed by atoms with van der Waals surface area (Å²) in [5, 5.41) is 0. The maximum absolute atomic E-state index is 14.0. The first-order valence-corrected chi connectivity index (χ1v) is 7.51. The Kier molecular flexibility index (Phi) is 4.00. The van der Waals surface area contributed by atoms with E-state index < -0.39 is 11.8 Å². The van der Waals surface area contributed by atoms with Crippen molar-refractivity contribution >= 4 is 17.6 Å². The van der Waals surface area contributed by atoms with Gasteiger partial charge in [-0.15, -0.1) is 0 Å². The summed E-state index contributed by atoms with van der Waals surface area (Å²) in [5.41, 5.74) is 0.664. The molecule has 22 heavy (non-hydrogen) atoms. The molecular weight excluding hydrogens is 287 g/mol. The standard InChI is InChI=1S/C16H19FN2O3/c1-22-16(21)13-5-4-12(10-14(13)17)18-6-8-19(9-7-18)15(20)11-2-3-11/h4-5,10-11H,2-3,6-9H2,1H3. The van der Waals surface area contributed by atoms with Gasteiger partial charge in [-0.05, 0) is 31.0 Å². The Morgan fingerprint density at radius 2 is 1.86 bits per heavy atom. The number of halogens is 1. The third-order valence-electron chi connectivity index (χ3n) is 4.24. The molecule has 1 saturated carbocycles. The Balaban J connectivity index is 1.64. The van der Waals surface area contributed by atoms with Crippen LogP contribution < -0.4 is 4.90 Å². The minimum atomic E-state index is -0.677. The van der Waals surface area contributed by atoms with E-state index in [4.69, 9.17) is 0 Å². The molecule has 1 saturated heterocycles. The molecule has 0 atom stereocenters. The maximum atomic E-state index is 14.0. The van der Waals surface area contributed by atoms with Crippen LogP contribution in [0.1, 0.15) is 23.2 Å². The van der Waals surface area contributed by atoms with Crippen LogP contribution in [0.3, 0.4) is 0 Å². The number of ether oxygens (including phenoxy) is 1. The summed E-state index contributed by atoms with van der Waals surface area (Å²) >= 11 is 0. The quantitative estimate of drug-likeness (QED) is 0.797. The number of carbonyl (C=O) groups is 2. The second-order valence-corrected chi connectivity index (χ2v) is 5.74. The van der Waals surface area contributed by atoms with Crippen molar-refractivity contribution in [1.82, 2.24) is 4.90 Å². The molecule has 1 aliphatic heterocycles. The predicted molar refractivity (Wildman–Crippen MR) is 79.3 cm³/mol. The second-order valence-electron chi connectivity index (χ2n) is 5.74. The van der Waals surface area contributed by atoms with Crippen LogP contribution in [0.15, 0.2) is 18.2 Å². The summed E-state index contributed by atoms with van der Waals surface area (Å²) in [4.78, 5) is 27.3. The number of hydrogen-bond acceptors (Lipinski definition) is 4. The minimum absolute atomic E-state index is 0.0613. The van der Waals surface area contributed by atoms with E-state index in [0.29, 0.717) is 26.2 Å². The summed E-state index contributed by atoms with van der Waals surface area (Å²) in [5.74, 6) is -0.764. The van der Waals surface area contributed by atoms with Crippen LogP contribution in [0.4, 0.5) is 10.1 Å². The van der Waals surface area contributed by atoms with Crippen LogP contribution >= 0.6 is 0 Å². The highest BCUT2D eigenvalue weighted by molar-refractivity contribution is 5.90. The summed E-state index contributed by atoms with van der Waals surface area (Å²) < 4.78 is 18.5. The van der Waals surface area contributed by atoms with Gasteiger partial charge < -0.3 is 14.5 Å². The van der Waals surface area contributed by atoms with Crippen molar-refractivity contribution in [3.63, 3.8) is 0 Å². The van der Waals surface area contributed by atoms with E-state index in [-0.39, 0.29) is 17.4 Å². The van der Waals surface area contributed by atoms with E-state index in [1.54, 1.807) is 6.07 Å². The Hall–Kier alpha value is -2.11. The van der Waals surface area contributed by atoms with Gasteiger partial charge >= 0.3 is 5.97 Å². The average molecular weight is 306 g/mol. The van der Waals surface area contributed by atoms with Crippen molar-refractivity contribution < 1.29 is 18.7 Å². The molecule has 2 fully saturated rings. The summed E-state index contributed by atoms with van der Waals surface area (Å²) in [6.07, 6.45) is 2.03. The topological polar surface area (TPSA) is 49.9 Å². The molecule has 0 radical (unpaired) electrons. The number of benzene rings is 1. The fraction of sp³-hybridized carbons (Fsp3) is 0.500. The third kappa shape index (κ3) is 2.91. The van der Waals surface area contributed by atoms with E-state index in [1.165, 1.54) is 19.2 Å². The molecule has 3 rings (SSSR count). The fourth-order valence-electron chi connectivity index (χ4n) is 2.75. The monoisotopic (exact) mass is 306 g/mol. The molecular formula is C16H19FN2O3. The molecule has 118 valence electrons. The number of piperazine rings is 1. The van der Waals surface area contributed by atoms with Crippen LogP contribution in [0, 0.1) is 11.7 Å². The van der Waals surface area contributed by atoms with Crippen molar-refractivity contribution in [1.29, 1.82) is 0 Å². The first-order chi connectivity index (χ1) is 10.6. The second kappa shape index (κ2) is 5.94. The van der Waals surface area contributed by atoms with E-state index in [2.05, 4.69) is 4.74 Å². The zero-order valence-electron chi connectivity index (χ0n) is 12.5. The number of amides is 1. The van der Waals surface area contributed by atoms with Gasteiger partial charge in [0.25, 0.3) is 0 Å². The first kappa shape index (κ1) is 14.8. The van der Waals surface area contributed by atoms with Gasteiger partial charge in [-0.2, -0.15) is 0 Å². The number of methoxy groups -OCH3 is 1. The van der Waals surface area contributed by atoms with Gasteiger partial charge in [0.2, 0.25) is 5.91 Å². The SMILES string of the molecule is COC(=O)c1ccc(N2CCN(C(=O)C3CC3)CC2)cc1F. The Labute approximate surface area is 128 Å². The van der Waals surface area contributed by atoms with Crippen LogP contribution in [-0.2, 0) is 9.53 Å². The Morgan fingerprint density at radius 3 is 2.41 bits per heavy atom. The predicted octanol–water partition coefficient (Wildman–Crippen LogP) is 1.67. The fourth-order valence-corrected chi connectivity index (χ4v) is 2.75. The highest BCUT2D eigenvalue weighted by atomic mass is 19.1.